The number of benzene rings is 5. The van der Waals surface area contributed by atoms with E-state index in [0.29, 0.717) is 22.0 Å². The summed E-state index contributed by atoms with van der Waals surface area (Å²) in [6.07, 6.45) is 3.87. The highest BCUT2D eigenvalue weighted by molar-refractivity contribution is 6.49. The average molecular weight is 672 g/mol. The van der Waals surface area contributed by atoms with Crippen LogP contribution >= 0.6 is 11.6 Å². The molecular formula is C42H44ClN2O2Si. The molecule has 0 saturated heterocycles. The summed E-state index contributed by atoms with van der Waals surface area (Å²) in [6.45, 7) is 14.8. The van der Waals surface area contributed by atoms with E-state index >= 15 is 0 Å². The van der Waals surface area contributed by atoms with Gasteiger partial charge in [-0.05, 0) is 46.7 Å². The van der Waals surface area contributed by atoms with Gasteiger partial charge in [-0.25, -0.2) is 4.98 Å². The predicted molar refractivity (Wildman–Crippen MR) is 200 cm³/mol. The third-order valence-corrected chi connectivity index (χ3v) is 10.4. The van der Waals surface area contributed by atoms with Crippen molar-refractivity contribution in [3.63, 3.8) is 0 Å². The van der Waals surface area contributed by atoms with Crippen molar-refractivity contribution in [3.05, 3.63) is 166 Å². The molecule has 4 nitrogen and oxygen atoms in total. The third kappa shape index (κ3) is 5.68. The fourth-order valence-corrected chi connectivity index (χ4v) is 8.11. The van der Waals surface area contributed by atoms with Crippen LogP contribution in [0.15, 0.2) is 128 Å². The van der Waals surface area contributed by atoms with Crippen molar-refractivity contribution in [1.29, 1.82) is 0 Å². The predicted octanol–water partition coefficient (Wildman–Crippen LogP) is 10.3. The van der Waals surface area contributed by atoms with Crippen molar-refractivity contribution < 1.29 is 9.53 Å². The molecule has 1 aromatic heterocycles. The van der Waals surface area contributed by atoms with Gasteiger partial charge in [0.15, 0.2) is 0 Å². The molecule has 1 radical (unpaired) electrons. The van der Waals surface area contributed by atoms with E-state index in [1.54, 1.807) is 0 Å². The quantitative estimate of drug-likeness (QED) is 0.123. The number of fused-ring (bicyclic) bond motifs is 1. The first-order chi connectivity index (χ1) is 22.9. The van der Waals surface area contributed by atoms with Crippen LogP contribution in [0.25, 0.3) is 10.8 Å². The number of nitrogens with zero attached hydrogens (tertiary/aromatic N) is 2. The molecule has 0 fully saturated rings. The number of hydrogen-bond acceptors (Lipinski definition) is 3. The van der Waals surface area contributed by atoms with Gasteiger partial charge in [0.05, 0.1) is 17.0 Å². The van der Waals surface area contributed by atoms with Crippen molar-refractivity contribution in [1.82, 2.24) is 9.55 Å². The van der Waals surface area contributed by atoms with Gasteiger partial charge in [-0.15, -0.1) is 0 Å². The van der Waals surface area contributed by atoms with Crippen LogP contribution < -0.4 is 4.43 Å². The van der Waals surface area contributed by atoms with Gasteiger partial charge in [-0.3, -0.25) is 0 Å². The zero-order valence-electron chi connectivity index (χ0n) is 28.8. The summed E-state index contributed by atoms with van der Waals surface area (Å²) in [5, 5.41) is 15.6. The molecule has 6 aromatic rings. The minimum Gasteiger partial charge on any atom is -0.542 e. The molecule has 0 spiro atoms. The molecule has 1 heterocycles. The van der Waals surface area contributed by atoms with E-state index in [-0.39, 0.29) is 11.3 Å². The van der Waals surface area contributed by atoms with Gasteiger partial charge in [-0.1, -0.05) is 161 Å². The minimum atomic E-state index is -1.48. The molecule has 5 aromatic carbocycles. The lowest BCUT2D eigenvalue weighted by Crippen LogP contribution is -2.38. The second-order valence-corrected chi connectivity index (χ2v) is 16.5. The molecule has 48 heavy (non-hydrogen) atoms. The zero-order chi connectivity index (χ0) is 34.3. The summed E-state index contributed by atoms with van der Waals surface area (Å²) >= 11 is 7.08. The van der Waals surface area contributed by atoms with Crippen LogP contribution in [-0.4, -0.2) is 23.7 Å². The zero-order valence-corrected chi connectivity index (χ0v) is 30.6. The lowest BCUT2D eigenvalue weighted by atomic mass is 9.76. The SMILES string of the molecule is CC(C)C(O)(c1cn(C(c2ccccc2)(c2ccccc2)c2ccccc2)cn1)c1ccc2c(Cl)c(C(C)(C)C)ccc2c1O[Si](C)C. The van der Waals surface area contributed by atoms with Crippen LogP contribution in [0.5, 0.6) is 5.75 Å². The van der Waals surface area contributed by atoms with Crippen LogP contribution in [0.1, 0.15) is 68.1 Å². The molecule has 0 bridgehead atoms. The lowest BCUT2D eigenvalue weighted by molar-refractivity contribution is 0.0265. The fraction of sp³-hybridized carbons (Fsp3) is 0.262. The van der Waals surface area contributed by atoms with E-state index in [1.807, 2.05) is 56.7 Å². The first-order valence-corrected chi connectivity index (χ1v) is 19.4. The first kappa shape index (κ1) is 33.7. The van der Waals surface area contributed by atoms with E-state index in [4.69, 9.17) is 21.0 Å². The van der Waals surface area contributed by atoms with Crippen molar-refractivity contribution in [2.75, 3.05) is 0 Å². The Morgan fingerprint density at radius 3 is 1.65 bits per heavy atom. The standard InChI is InChI=1S/C42H44ClN2O2Si/c1-29(2)42(46,36-26-23-33-34(39(36)47-48(6)7)24-25-35(38(33)43)40(3,4)5)37-27-45(28-44-37)41(30-17-11-8-12-18-30,31-19-13-9-14-20-31)32-21-15-10-16-22-32/h8-29,46H,1-7H3. The summed E-state index contributed by atoms with van der Waals surface area (Å²) in [4.78, 5) is 5.03. The number of rotatable bonds is 9. The number of hydrogen-bond donors (Lipinski definition) is 1. The Bertz CT molecular complexity index is 1920. The summed E-state index contributed by atoms with van der Waals surface area (Å²) in [7, 11) is -1.22. The Morgan fingerprint density at radius 1 is 0.708 bits per heavy atom. The van der Waals surface area contributed by atoms with Gasteiger partial charge in [0.1, 0.15) is 16.9 Å². The van der Waals surface area contributed by atoms with Crippen LogP contribution in [-0.2, 0) is 16.6 Å². The Labute approximate surface area is 291 Å². The normalized spacial score (nSPS) is 13.6. The molecule has 1 atom stereocenters. The molecule has 0 aliphatic carbocycles. The van der Waals surface area contributed by atoms with Crippen LogP contribution in [0.4, 0.5) is 0 Å². The van der Waals surface area contributed by atoms with E-state index in [0.717, 1.165) is 33.0 Å². The maximum absolute atomic E-state index is 13.1. The Hall–Kier alpha value is -4.16. The van der Waals surface area contributed by atoms with Gasteiger partial charge in [-0.2, -0.15) is 0 Å². The Balaban J connectivity index is 1.62. The number of aromatic nitrogens is 2. The molecule has 0 amide bonds. The highest BCUT2D eigenvalue weighted by Crippen LogP contribution is 2.48. The van der Waals surface area contributed by atoms with Crippen LogP contribution in [0, 0.1) is 5.92 Å². The Morgan fingerprint density at radius 2 is 1.19 bits per heavy atom. The van der Waals surface area contributed by atoms with E-state index in [1.165, 1.54) is 0 Å². The van der Waals surface area contributed by atoms with Gasteiger partial charge in [0.25, 0.3) is 9.04 Å². The minimum absolute atomic E-state index is 0.121. The second-order valence-electron chi connectivity index (χ2n) is 14.1. The molecular weight excluding hydrogens is 628 g/mol. The molecule has 6 heteroatoms. The number of halogens is 1. The number of aliphatic hydroxyl groups is 1. The topological polar surface area (TPSA) is 47.3 Å². The van der Waals surface area contributed by atoms with Gasteiger partial charge >= 0.3 is 0 Å². The van der Waals surface area contributed by atoms with E-state index < -0.39 is 20.2 Å². The van der Waals surface area contributed by atoms with Gasteiger partial charge in [0.2, 0.25) is 0 Å². The van der Waals surface area contributed by atoms with Crippen LogP contribution in [0.2, 0.25) is 18.1 Å². The van der Waals surface area contributed by atoms with Gasteiger partial charge in [0, 0.05) is 22.5 Å². The summed E-state index contributed by atoms with van der Waals surface area (Å²) < 4.78 is 8.84. The molecule has 0 saturated carbocycles. The van der Waals surface area contributed by atoms with E-state index in [2.05, 4.69) is 123 Å². The molecule has 0 aliphatic heterocycles. The van der Waals surface area contributed by atoms with Crippen molar-refractivity contribution in [3.8, 4) is 5.75 Å². The Kier molecular flexibility index (Phi) is 9.16. The maximum atomic E-state index is 13.1. The van der Waals surface area contributed by atoms with Crippen molar-refractivity contribution in [2.45, 2.75) is 64.3 Å². The fourth-order valence-electron chi connectivity index (χ4n) is 6.97. The summed E-state index contributed by atoms with van der Waals surface area (Å²) in [5.74, 6) is 0.425. The van der Waals surface area contributed by atoms with Crippen molar-refractivity contribution >= 4 is 31.4 Å². The second kappa shape index (κ2) is 13.0. The molecule has 6 rings (SSSR count). The highest BCUT2D eigenvalue weighted by atomic mass is 35.5. The maximum Gasteiger partial charge on any atom is 0.274 e. The monoisotopic (exact) mass is 671 g/mol. The third-order valence-electron chi connectivity index (χ3n) is 9.38. The molecule has 1 N–H and O–H groups in total. The smallest absolute Gasteiger partial charge is 0.274 e. The summed E-state index contributed by atoms with van der Waals surface area (Å²) in [6, 6.07) is 39.7. The summed E-state index contributed by atoms with van der Waals surface area (Å²) in [5.41, 5.74) is 3.22. The lowest BCUT2D eigenvalue weighted by Gasteiger charge is -2.38. The molecule has 245 valence electrons. The molecule has 0 aliphatic rings. The van der Waals surface area contributed by atoms with Crippen molar-refractivity contribution in [2.24, 2.45) is 5.92 Å². The first-order valence-electron chi connectivity index (χ1n) is 16.6. The average Bonchev–Trinajstić information content (AvgIpc) is 3.57. The molecule has 1 unspecified atom stereocenters. The number of imidazole rings is 1. The van der Waals surface area contributed by atoms with Gasteiger partial charge < -0.3 is 14.1 Å². The largest absolute Gasteiger partial charge is 0.542 e. The van der Waals surface area contributed by atoms with E-state index in [9.17, 15) is 5.11 Å². The van der Waals surface area contributed by atoms with Crippen LogP contribution in [0.3, 0.4) is 0 Å². The highest BCUT2D eigenvalue weighted by Gasteiger charge is 2.44.